The minimum Gasteiger partial charge on any atom is -0.453 e. The van der Waals surface area contributed by atoms with Crippen LogP contribution in [0.4, 0.5) is 68.2 Å². The van der Waals surface area contributed by atoms with Crippen molar-refractivity contribution in [2.75, 3.05) is 19.6 Å². The number of hydrogen-bond acceptors (Lipinski definition) is 8. The zero-order valence-electron chi connectivity index (χ0n) is 50.3. The second-order valence-corrected chi connectivity index (χ2v) is 27.5. The van der Waals surface area contributed by atoms with Gasteiger partial charge in [0.05, 0.1) is 68.2 Å². The fourth-order valence-corrected chi connectivity index (χ4v) is 19.1. The first-order valence-electron chi connectivity index (χ1n) is 32.2. The molecule has 0 amide bonds. The summed E-state index contributed by atoms with van der Waals surface area (Å²) in [5, 5.41) is 0. The summed E-state index contributed by atoms with van der Waals surface area (Å²) >= 11 is 3.79. The average molecular weight is 1230 g/mol. The first kappa shape index (κ1) is 51.3. The highest BCUT2D eigenvalue weighted by atomic mass is 32.2. The highest BCUT2D eigenvalue weighted by Crippen LogP contribution is 2.63. The van der Waals surface area contributed by atoms with Crippen molar-refractivity contribution in [2.24, 2.45) is 0 Å². The minimum absolute atomic E-state index is 0.132. The van der Waals surface area contributed by atoms with Gasteiger partial charge in [0.25, 0.3) is 13.4 Å². The lowest BCUT2D eigenvalue weighted by atomic mass is 9.33. The van der Waals surface area contributed by atoms with Crippen molar-refractivity contribution in [1.82, 2.24) is 0 Å². The van der Waals surface area contributed by atoms with Crippen LogP contribution in [0.15, 0.2) is 311 Å². The van der Waals surface area contributed by atoms with Crippen LogP contribution in [0.3, 0.4) is 0 Å². The Kier molecular flexibility index (Phi) is 10.5. The molecule has 0 aliphatic carbocycles. The van der Waals surface area contributed by atoms with Gasteiger partial charge in [0.1, 0.15) is 0 Å². The molecule has 14 aromatic carbocycles. The Bertz CT molecular complexity index is 5640. The van der Waals surface area contributed by atoms with Crippen molar-refractivity contribution in [3.63, 3.8) is 0 Å². The van der Waals surface area contributed by atoms with E-state index in [-0.39, 0.29) is 13.4 Å². The highest BCUT2D eigenvalue weighted by Gasteiger charge is 2.52. The maximum absolute atomic E-state index is 6.99. The van der Waals surface area contributed by atoms with Gasteiger partial charge in [0.15, 0.2) is 23.0 Å². The van der Waals surface area contributed by atoms with E-state index >= 15 is 0 Å². The smallest absolute Gasteiger partial charge is 0.252 e. The molecule has 8 aliphatic heterocycles. The van der Waals surface area contributed by atoms with E-state index in [2.05, 4.69) is 311 Å². The number of ether oxygens (including phenoxy) is 2. The molecular weight excluding hydrogens is 1180 g/mol. The molecule has 0 fully saturated rings. The summed E-state index contributed by atoms with van der Waals surface area (Å²) in [5.41, 5.74) is 33.0. The lowest BCUT2D eigenvalue weighted by Crippen LogP contribution is -2.62. The van der Waals surface area contributed by atoms with E-state index in [0.29, 0.717) is 0 Å². The van der Waals surface area contributed by atoms with Gasteiger partial charge >= 0.3 is 0 Å². The summed E-state index contributed by atoms with van der Waals surface area (Å²) in [6.07, 6.45) is 0. The minimum atomic E-state index is -0.174. The van der Waals surface area contributed by atoms with Gasteiger partial charge in [0.2, 0.25) is 0 Å². The SMILES string of the molecule is c1ccc(-c2cc(-c3cccc(-c4cc5c6c(c4)B4c7cccc8c7N(c7ccccc7S8)c7c(-c8ccccc8)cc(-c8ccccc8)c(c74)N6c4ccccc4S5)c3)c3c4c2N2c5ccccc5Oc5cccc(c52)B4c2cccc4c2N3c2ccccc2O4)cc1. The number of fused-ring (bicyclic) bond motifs is 16. The summed E-state index contributed by atoms with van der Waals surface area (Å²) in [7, 11) is 0. The maximum atomic E-state index is 6.99. The Balaban J connectivity index is 0.828. The van der Waals surface area contributed by atoms with Crippen molar-refractivity contribution in [1.29, 1.82) is 0 Å². The Morgan fingerprint density at radius 2 is 0.585 bits per heavy atom. The predicted molar refractivity (Wildman–Crippen MR) is 390 cm³/mol. The van der Waals surface area contributed by atoms with Crippen LogP contribution >= 0.6 is 23.5 Å². The van der Waals surface area contributed by atoms with Crippen LogP contribution in [0.25, 0.3) is 55.6 Å². The molecular formula is C84H48B2N4O2S2. The first-order valence-corrected chi connectivity index (χ1v) is 33.8. The van der Waals surface area contributed by atoms with Gasteiger partial charge in [0, 0.05) is 41.8 Å². The molecule has 8 heterocycles. The molecule has 0 N–H and O–H groups in total. The summed E-state index contributed by atoms with van der Waals surface area (Å²) in [6, 6.07) is 108. The third-order valence-corrected chi connectivity index (χ3v) is 22.7. The normalized spacial score (nSPS) is 14.1. The van der Waals surface area contributed by atoms with Gasteiger partial charge in [-0.15, -0.1) is 0 Å². The van der Waals surface area contributed by atoms with Gasteiger partial charge in [-0.05, 0) is 157 Å². The fourth-order valence-electron chi connectivity index (χ4n) is 16.8. The number of nitrogens with zero attached hydrogens (tertiary/aromatic N) is 4. The molecule has 6 nitrogen and oxygen atoms in total. The Morgan fingerprint density at radius 3 is 1.12 bits per heavy atom. The number of hydrogen-bond donors (Lipinski definition) is 0. The maximum Gasteiger partial charge on any atom is 0.252 e. The van der Waals surface area contributed by atoms with Crippen LogP contribution in [-0.4, -0.2) is 13.4 Å². The molecule has 94 heavy (non-hydrogen) atoms. The zero-order valence-corrected chi connectivity index (χ0v) is 51.9. The molecule has 0 atom stereocenters. The highest BCUT2D eigenvalue weighted by molar-refractivity contribution is 8.00. The van der Waals surface area contributed by atoms with Gasteiger partial charge in [-0.3, -0.25) is 0 Å². The molecule has 0 unspecified atom stereocenters. The van der Waals surface area contributed by atoms with E-state index in [0.717, 1.165) is 84.9 Å². The van der Waals surface area contributed by atoms with E-state index < -0.39 is 0 Å². The molecule has 8 aliphatic rings. The molecule has 0 saturated heterocycles. The summed E-state index contributed by atoms with van der Waals surface area (Å²) in [6.45, 7) is -0.307. The topological polar surface area (TPSA) is 31.4 Å². The van der Waals surface area contributed by atoms with Crippen LogP contribution < -0.4 is 61.9 Å². The Labute approximate surface area is 552 Å². The molecule has 0 spiro atoms. The van der Waals surface area contributed by atoms with Gasteiger partial charge in [-0.25, -0.2) is 0 Å². The van der Waals surface area contributed by atoms with E-state index in [1.54, 1.807) is 0 Å². The Morgan fingerprint density at radius 1 is 0.223 bits per heavy atom. The summed E-state index contributed by atoms with van der Waals surface area (Å²) in [5.74, 6) is 3.33. The van der Waals surface area contributed by atoms with Gasteiger partial charge in [-0.1, -0.05) is 224 Å². The van der Waals surface area contributed by atoms with Gasteiger partial charge in [-0.2, -0.15) is 0 Å². The summed E-state index contributed by atoms with van der Waals surface area (Å²) in [4.78, 5) is 15.3. The number of rotatable bonds is 5. The lowest BCUT2D eigenvalue weighted by Gasteiger charge is -2.49. The van der Waals surface area contributed by atoms with E-state index in [1.165, 1.54) is 114 Å². The van der Waals surface area contributed by atoms with E-state index in [9.17, 15) is 0 Å². The molecule has 434 valence electrons. The first-order chi connectivity index (χ1) is 46.7. The van der Waals surface area contributed by atoms with Crippen molar-refractivity contribution < 1.29 is 9.47 Å². The molecule has 22 rings (SSSR count). The molecule has 0 bridgehead atoms. The van der Waals surface area contributed by atoms with Crippen LogP contribution in [0.5, 0.6) is 23.0 Å². The van der Waals surface area contributed by atoms with Crippen molar-refractivity contribution in [3.8, 4) is 78.6 Å². The number of para-hydroxylation sites is 9. The molecule has 0 aromatic heterocycles. The second kappa shape index (κ2) is 19.2. The fraction of sp³-hybridized carbons (Fsp3) is 0. The quantitative estimate of drug-likeness (QED) is 0.158. The monoisotopic (exact) mass is 1230 g/mol. The lowest BCUT2D eigenvalue weighted by molar-refractivity contribution is 0.477. The zero-order chi connectivity index (χ0) is 61.0. The van der Waals surface area contributed by atoms with Crippen molar-refractivity contribution in [2.45, 2.75) is 19.6 Å². The number of benzene rings is 14. The predicted octanol–water partition coefficient (Wildman–Crippen LogP) is 19.3. The molecule has 10 heteroatoms. The standard InChI is InChI=1S/C84H48B2N4O2S2/c1-4-22-49(23-5-1)55-47-56(50-24-6-2-7-25-50)79-76-78(55)89-65-35-12-16-41-71(65)93-73-43-21-32-61(83(73)89)86(76)62-45-54(46-74-84(62)90(79)66-36-13-17-42-72(66)94-74)52-28-18-29-53(44-52)58-48-57(51-26-8-3-9-27-51)77-75-80(58)88-64-34-11-15-38-68(64)92-70-40-20-31-60(82(70)88)85(75)59-30-19-39-69-81(59)87(77)63-33-10-14-37-67(63)91-69/h1-48H. The second-order valence-electron chi connectivity index (χ2n) is 25.3. The summed E-state index contributed by atoms with van der Waals surface area (Å²) < 4.78 is 13.9. The van der Waals surface area contributed by atoms with Gasteiger partial charge < -0.3 is 29.1 Å². The van der Waals surface area contributed by atoms with Crippen LogP contribution in [0, 0.1) is 0 Å². The molecule has 0 saturated carbocycles. The number of anilines is 12. The van der Waals surface area contributed by atoms with Crippen LogP contribution in [-0.2, 0) is 0 Å². The van der Waals surface area contributed by atoms with E-state index in [1.807, 2.05) is 23.5 Å². The van der Waals surface area contributed by atoms with E-state index in [4.69, 9.17) is 9.47 Å². The van der Waals surface area contributed by atoms with Crippen LogP contribution in [0.2, 0.25) is 0 Å². The Hall–Kier alpha value is -11.3. The largest absolute Gasteiger partial charge is 0.453 e. The average Bonchev–Trinajstić information content (AvgIpc) is 0.681. The van der Waals surface area contributed by atoms with Crippen molar-refractivity contribution >= 4 is 138 Å². The third kappa shape index (κ3) is 6.90. The molecule has 0 radical (unpaired) electrons. The third-order valence-electron chi connectivity index (χ3n) is 20.5. The molecule has 14 aromatic rings. The van der Waals surface area contributed by atoms with Crippen molar-refractivity contribution in [3.05, 3.63) is 291 Å². The van der Waals surface area contributed by atoms with Crippen LogP contribution in [0.1, 0.15) is 0 Å².